The summed E-state index contributed by atoms with van der Waals surface area (Å²) in [6.07, 6.45) is 4.99. The van der Waals surface area contributed by atoms with Crippen LogP contribution in [0.3, 0.4) is 0 Å². The summed E-state index contributed by atoms with van der Waals surface area (Å²) in [4.78, 5) is 16.4. The molecule has 26 heavy (non-hydrogen) atoms. The Kier molecular flexibility index (Phi) is 4.35. The van der Waals surface area contributed by atoms with Gasteiger partial charge >= 0.3 is 0 Å². The molecule has 4 aromatic rings. The molecule has 0 fully saturated rings. The minimum atomic E-state index is 0.0502. The molecule has 0 spiro atoms. The fourth-order valence-corrected chi connectivity index (χ4v) is 3.47. The maximum absolute atomic E-state index is 13.0. The maximum Gasteiger partial charge on any atom is 0.193 e. The van der Waals surface area contributed by atoms with Gasteiger partial charge < -0.3 is 4.98 Å². The zero-order chi connectivity index (χ0) is 18.1. The van der Waals surface area contributed by atoms with Crippen molar-refractivity contribution in [2.24, 2.45) is 0 Å². The van der Waals surface area contributed by atoms with Crippen LogP contribution in [0.5, 0.6) is 0 Å². The smallest absolute Gasteiger partial charge is 0.193 e. The van der Waals surface area contributed by atoms with E-state index in [2.05, 4.69) is 10.1 Å². The number of aryl methyl sites for hydroxylation is 1. The first-order valence-electron chi connectivity index (χ1n) is 8.58. The number of para-hydroxylation sites is 1. The zero-order valence-corrected chi connectivity index (χ0v) is 15.1. The standard InChI is InChI=1S/C21H18ClN3O/c1-2-19-17(21(26)16-5-3-6-18(22)20(16)24-19)13-14-7-9-15(10-8-14)25-12-4-11-23-25/h3-12H,2,13H2,1H3,(H,24,26). The van der Waals surface area contributed by atoms with E-state index in [1.54, 1.807) is 12.3 Å². The van der Waals surface area contributed by atoms with Gasteiger partial charge in [0.2, 0.25) is 0 Å². The number of aromatic nitrogens is 3. The normalized spacial score (nSPS) is 11.2. The molecule has 2 heterocycles. The van der Waals surface area contributed by atoms with Gasteiger partial charge in [-0.25, -0.2) is 4.68 Å². The van der Waals surface area contributed by atoms with Crippen molar-refractivity contribution in [2.45, 2.75) is 19.8 Å². The van der Waals surface area contributed by atoms with Crippen LogP contribution < -0.4 is 5.43 Å². The van der Waals surface area contributed by atoms with Crippen molar-refractivity contribution < 1.29 is 0 Å². The first-order valence-corrected chi connectivity index (χ1v) is 8.96. The third kappa shape index (κ3) is 2.93. The van der Waals surface area contributed by atoms with Gasteiger partial charge in [0.05, 0.1) is 16.2 Å². The molecule has 2 aromatic carbocycles. The summed E-state index contributed by atoms with van der Waals surface area (Å²) < 4.78 is 1.81. The largest absolute Gasteiger partial charge is 0.357 e. The molecule has 0 aliphatic rings. The van der Waals surface area contributed by atoms with Crippen LogP contribution in [0.25, 0.3) is 16.6 Å². The van der Waals surface area contributed by atoms with E-state index in [0.717, 1.165) is 28.9 Å². The van der Waals surface area contributed by atoms with Gasteiger partial charge in [0.1, 0.15) is 0 Å². The van der Waals surface area contributed by atoms with Crippen molar-refractivity contribution in [1.29, 1.82) is 0 Å². The Labute approximate surface area is 156 Å². The summed E-state index contributed by atoms with van der Waals surface area (Å²) in [5, 5.41) is 5.44. The van der Waals surface area contributed by atoms with Crippen LogP contribution in [0.1, 0.15) is 23.7 Å². The van der Waals surface area contributed by atoms with Crippen molar-refractivity contribution in [2.75, 3.05) is 0 Å². The second-order valence-electron chi connectivity index (χ2n) is 6.22. The quantitative estimate of drug-likeness (QED) is 0.579. The van der Waals surface area contributed by atoms with E-state index in [1.807, 2.05) is 60.3 Å². The minimum absolute atomic E-state index is 0.0502. The lowest BCUT2D eigenvalue weighted by molar-refractivity contribution is 0.879. The second kappa shape index (κ2) is 6.81. The monoisotopic (exact) mass is 363 g/mol. The van der Waals surface area contributed by atoms with Gasteiger partial charge in [0.25, 0.3) is 0 Å². The molecule has 2 aromatic heterocycles. The minimum Gasteiger partial charge on any atom is -0.357 e. The van der Waals surface area contributed by atoms with E-state index in [0.29, 0.717) is 22.3 Å². The Morgan fingerprint density at radius 2 is 1.92 bits per heavy atom. The highest BCUT2D eigenvalue weighted by Crippen LogP contribution is 2.22. The SMILES string of the molecule is CCc1[nH]c2c(Cl)cccc2c(=O)c1Cc1ccc(-n2cccn2)cc1. The van der Waals surface area contributed by atoms with E-state index < -0.39 is 0 Å². The fraction of sp³-hybridized carbons (Fsp3) is 0.143. The van der Waals surface area contributed by atoms with Crippen LogP contribution in [0.2, 0.25) is 5.02 Å². The van der Waals surface area contributed by atoms with Crippen LogP contribution in [0, 0.1) is 0 Å². The zero-order valence-electron chi connectivity index (χ0n) is 14.4. The molecule has 0 atom stereocenters. The number of rotatable bonds is 4. The number of H-pyrrole nitrogens is 1. The van der Waals surface area contributed by atoms with Gasteiger partial charge in [0, 0.05) is 35.5 Å². The third-order valence-corrected chi connectivity index (χ3v) is 4.93. The predicted molar refractivity (Wildman–Crippen MR) is 105 cm³/mol. The predicted octanol–water partition coefficient (Wildman–Crippen LogP) is 4.52. The Morgan fingerprint density at radius 1 is 1.12 bits per heavy atom. The average molecular weight is 364 g/mol. The van der Waals surface area contributed by atoms with Crippen molar-refractivity contribution in [3.63, 3.8) is 0 Å². The Balaban J connectivity index is 1.75. The molecule has 0 bridgehead atoms. The lowest BCUT2D eigenvalue weighted by Gasteiger charge is -2.11. The van der Waals surface area contributed by atoms with E-state index >= 15 is 0 Å². The number of hydrogen-bond acceptors (Lipinski definition) is 2. The van der Waals surface area contributed by atoms with Crippen molar-refractivity contribution in [1.82, 2.24) is 14.8 Å². The number of aromatic amines is 1. The topological polar surface area (TPSA) is 50.7 Å². The highest BCUT2D eigenvalue weighted by atomic mass is 35.5. The second-order valence-corrected chi connectivity index (χ2v) is 6.63. The number of nitrogens with zero attached hydrogens (tertiary/aromatic N) is 2. The van der Waals surface area contributed by atoms with Crippen LogP contribution in [-0.4, -0.2) is 14.8 Å². The molecule has 4 rings (SSSR count). The Hall–Kier alpha value is -2.85. The average Bonchev–Trinajstić information content (AvgIpc) is 3.20. The van der Waals surface area contributed by atoms with Crippen LogP contribution >= 0.6 is 11.6 Å². The van der Waals surface area contributed by atoms with E-state index in [9.17, 15) is 4.79 Å². The van der Waals surface area contributed by atoms with Crippen molar-refractivity contribution >= 4 is 22.5 Å². The molecule has 0 aliphatic carbocycles. The number of halogens is 1. The fourth-order valence-electron chi connectivity index (χ4n) is 3.25. The highest BCUT2D eigenvalue weighted by molar-refractivity contribution is 6.35. The molecule has 130 valence electrons. The number of fused-ring (bicyclic) bond motifs is 1. The first-order chi connectivity index (χ1) is 12.7. The van der Waals surface area contributed by atoms with Crippen LogP contribution in [0.4, 0.5) is 0 Å². The molecule has 0 saturated carbocycles. The molecule has 4 nitrogen and oxygen atoms in total. The summed E-state index contributed by atoms with van der Waals surface area (Å²) in [6, 6.07) is 15.4. The summed E-state index contributed by atoms with van der Waals surface area (Å²) in [6.45, 7) is 2.04. The van der Waals surface area contributed by atoms with Crippen molar-refractivity contribution in [3.8, 4) is 5.69 Å². The molecular weight excluding hydrogens is 346 g/mol. The summed E-state index contributed by atoms with van der Waals surface area (Å²) in [5.74, 6) is 0. The summed E-state index contributed by atoms with van der Waals surface area (Å²) in [5.41, 5.74) is 4.58. The number of benzene rings is 2. The van der Waals surface area contributed by atoms with Crippen molar-refractivity contribution in [3.05, 3.63) is 93.0 Å². The molecule has 0 amide bonds. The molecular formula is C21H18ClN3O. The van der Waals surface area contributed by atoms with Gasteiger partial charge in [-0.3, -0.25) is 4.79 Å². The summed E-state index contributed by atoms with van der Waals surface area (Å²) in [7, 11) is 0. The van der Waals surface area contributed by atoms with Gasteiger partial charge in [-0.15, -0.1) is 0 Å². The number of hydrogen-bond donors (Lipinski definition) is 1. The van der Waals surface area contributed by atoms with E-state index in [1.165, 1.54) is 0 Å². The van der Waals surface area contributed by atoms with Gasteiger partial charge in [-0.05, 0) is 42.3 Å². The van der Waals surface area contributed by atoms with Gasteiger partial charge in [0.15, 0.2) is 5.43 Å². The number of pyridine rings is 1. The highest BCUT2D eigenvalue weighted by Gasteiger charge is 2.13. The van der Waals surface area contributed by atoms with E-state index in [4.69, 9.17) is 11.6 Å². The molecule has 5 heteroatoms. The Bertz CT molecular complexity index is 1110. The first kappa shape index (κ1) is 16.6. The molecule has 1 N–H and O–H groups in total. The Morgan fingerprint density at radius 3 is 2.62 bits per heavy atom. The molecule has 0 aliphatic heterocycles. The molecule has 0 saturated heterocycles. The van der Waals surface area contributed by atoms with Gasteiger partial charge in [-0.1, -0.05) is 36.7 Å². The van der Waals surface area contributed by atoms with E-state index in [-0.39, 0.29) is 5.43 Å². The lowest BCUT2D eigenvalue weighted by atomic mass is 9.99. The third-order valence-electron chi connectivity index (χ3n) is 4.61. The van der Waals surface area contributed by atoms with Gasteiger partial charge in [-0.2, -0.15) is 5.10 Å². The summed E-state index contributed by atoms with van der Waals surface area (Å²) >= 11 is 6.26. The lowest BCUT2D eigenvalue weighted by Crippen LogP contribution is -2.15. The molecule has 0 unspecified atom stereocenters. The van der Waals surface area contributed by atoms with Crippen LogP contribution in [-0.2, 0) is 12.8 Å². The number of nitrogens with one attached hydrogen (secondary N) is 1. The van der Waals surface area contributed by atoms with Crippen LogP contribution in [0.15, 0.2) is 65.7 Å². The maximum atomic E-state index is 13.0. The molecule has 0 radical (unpaired) electrons.